The van der Waals surface area contributed by atoms with Gasteiger partial charge in [-0.15, -0.1) is 0 Å². The lowest BCUT2D eigenvalue weighted by Gasteiger charge is -2.33. The van der Waals surface area contributed by atoms with Crippen LogP contribution >= 0.6 is 11.6 Å². The molecule has 1 saturated heterocycles. The molecule has 1 unspecified atom stereocenters. The van der Waals surface area contributed by atoms with Crippen LogP contribution in [0.1, 0.15) is 30.0 Å². The lowest BCUT2D eigenvalue weighted by Crippen LogP contribution is -2.41. The Morgan fingerprint density at radius 1 is 1.29 bits per heavy atom. The van der Waals surface area contributed by atoms with Gasteiger partial charge in [0.1, 0.15) is 17.4 Å². The molecule has 1 atom stereocenters. The van der Waals surface area contributed by atoms with Crippen molar-refractivity contribution in [3.8, 4) is 0 Å². The number of aryl methyl sites for hydroxylation is 3. The second-order valence-corrected chi connectivity index (χ2v) is 7.78. The topological polar surface area (TPSA) is 71.3 Å². The van der Waals surface area contributed by atoms with Gasteiger partial charge < -0.3 is 14.6 Å². The first-order valence-electron chi connectivity index (χ1n) is 9.48. The number of piperidine rings is 1. The minimum Gasteiger partial charge on any atom is -0.443 e. The fraction of sp³-hybridized carbons (Fsp3) is 0.381. The van der Waals surface area contributed by atoms with Crippen molar-refractivity contribution in [3.63, 3.8) is 0 Å². The Kier molecular flexibility index (Phi) is 4.98. The Hall–Kier alpha value is -2.60. The maximum atomic E-state index is 12.8. The third-order valence-electron chi connectivity index (χ3n) is 5.31. The summed E-state index contributed by atoms with van der Waals surface area (Å²) in [5.74, 6) is 2.27. The van der Waals surface area contributed by atoms with E-state index in [1.54, 1.807) is 12.1 Å². The highest BCUT2D eigenvalue weighted by molar-refractivity contribution is 6.30. The van der Waals surface area contributed by atoms with Crippen molar-refractivity contribution < 1.29 is 9.21 Å². The first-order chi connectivity index (χ1) is 13.4. The van der Waals surface area contributed by atoms with Crippen LogP contribution in [0, 0.1) is 26.7 Å². The zero-order chi connectivity index (χ0) is 19.8. The molecule has 28 heavy (non-hydrogen) atoms. The normalized spacial score (nSPS) is 17.1. The molecule has 4 rings (SSSR count). The van der Waals surface area contributed by atoms with E-state index in [1.807, 2.05) is 32.9 Å². The molecule has 1 aromatic carbocycles. The molecule has 3 heterocycles. The van der Waals surface area contributed by atoms with Crippen LogP contribution in [0.15, 0.2) is 28.7 Å². The van der Waals surface area contributed by atoms with E-state index in [4.69, 9.17) is 21.0 Å². The molecule has 0 bridgehead atoms. The summed E-state index contributed by atoms with van der Waals surface area (Å²) in [7, 11) is 0. The summed E-state index contributed by atoms with van der Waals surface area (Å²) in [4.78, 5) is 24.1. The van der Waals surface area contributed by atoms with E-state index < -0.39 is 0 Å². The second kappa shape index (κ2) is 7.43. The van der Waals surface area contributed by atoms with Gasteiger partial charge in [-0.1, -0.05) is 17.7 Å². The number of nitrogens with one attached hydrogen (secondary N) is 1. The molecule has 0 aliphatic carbocycles. The number of carbonyl (C=O) groups excluding carboxylic acids is 1. The largest absolute Gasteiger partial charge is 0.443 e. The highest BCUT2D eigenvalue weighted by atomic mass is 35.5. The lowest BCUT2D eigenvalue weighted by molar-refractivity contribution is -0.120. The van der Waals surface area contributed by atoms with Crippen molar-refractivity contribution in [1.29, 1.82) is 0 Å². The van der Waals surface area contributed by atoms with E-state index >= 15 is 0 Å². The summed E-state index contributed by atoms with van der Waals surface area (Å²) in [6, 6.07) is 7.22. The molecular weight excluding hydrogens is 376 g/mol. The molecule has 0 spiro atoms. The SMILES string of the molecule is Cc1nc(N2CCCC(C(=O)Nc3cccc(Cl)c3)C2)c2c(C)c(C)oc2n1. The molecule has 146 valence electrons. The number of carbonyl (C=O) groups is 1. The Bertz CT molecular complexity index is 1050. The van der Waals surface area contributed by atoms with Crippen molar-refractivity contribution in [2.24, 2.45) is 5.92 Å². The number of amides is 1. The number of anilines is 2. The van der Waals surface area contributed by atoms with Crippen LogP contribution in [0.3, 0.4) is 0 Å². The predicted molar refractivity (Wildman–Crippen MR) is 111 cm³/mol. The quantitative estimate of drug-likeness (QED) is 0.694. The molecule has 0 radical (unpaired) electrons. The third kappa shape index (κ3) is 3.56. The minimum absolute atomic E-state index is 0.00841. The molecule has 1 N–H and O–H groups in total. The Morgan fingerprint density at radius 2 is 2.11 bits per heavy atom. The number of benzene rings is 1. The summed E-state index contributed by atoms with van der Waals surface area (Å²) in [5.41, 5.74) is 2.38. The van der Waals surface area contributed by atoms with Crippen molar-refractivity contribution >= 4 is 40.1 Å². The highest BCUT2D eigenvalue weighted by Crippen LogP contribution is 2.33. The van der Waals surface area contributed by atoms with Crippen molar-refractivity contribution in [2.45, 2.75) is 33.6 Å². The number of hydrogen-bond donors (Lipinski definition) is 1. The van der Waals surface area contributed by atoms with E-state index in [0.717, 1.165) is 47.6 Å². The maximum absolute atomic E-state index is 12.8. The zero-order valence-corrected chi connectivity index (χ0v) is 17.0. The van der Waals surface area contributed by atoms with Crippen LogP contribution in [-0.4, -0.2) is 29.0 Å². The number of fused-ring (bicyclic) bond motifs is 1. The van der Waals surface area contributed by atoms with Gasteiger partial charge in [-0.25, -0.2) is 4.98 Å². The van der Waals surface area contributed by atoms with E-state index in [-0.39, 0.29) is 11.8 Å². The number of furan rings is 1. The van der Waals surface area contributed by atoms with Crippen LogP contribution in [0.25, 0.3) is 11.1 Å². The molecule has 1 aliphatic rings. The predicted octanol–water partition coefficient (Wildman–Crippen LogP) is 4.66. The van der Waals surface area contributed by atoms with Gasteiger partial charge in [0.15, 0.2) is 0 Å². The summed E-state index contributed by atoms with van der Waals surface area (Å²) in [6.07, 6.45) is 1.77. The molecule has 6 nitrogen and oxygen atoms in total. The van der Waals surface area contributed by atoms with Crippen LogP contribution < -0.4 is 10.2 Å². The first kappa shape index (κ1) is 18.7. The summed E-state index contributed by atoms with van der Waals surface area (Å²) < 4.78 is 5.81. The van der Waals surface area contributed by atoms with Gasteiger partial charge in [0.05, 0.1) is 11.3 Å². The average Bonchev–Trinajstić information content (AvgIpc) is 2.95. The van der Waals surface area contributed by atoms with Gasteiger partial charge in [0, 0.05) is 29.4 Å². The van der Waals surface area contributed by atoms with Crippen molar-refractivity contribution in [1.82, 2.24) is 9.97 Å². The molecule has 1 amide bonds. The van der Waals surface area contributed by atoms with Gasteiger partial charge in [-0.3, -0.25) is 4.79 Å². The zero-order valence-electron chi connectivity index (χ0n) is 16.3. The monoisotopic (exact) mass is 398 g/mol. The maximum Gasteiger partial charge on any atom is 0.231 e. The molecule has 1 aliphatic heterocycles. The number of nitrogens with zero attached hydrogens (tertiary/aromatic N) is 3. The van der Waals surface area contributed by atoms with E-state index in [1.165, 1.54) is 0 Å². The Balaban J connectivity index is 1.59. The fourth-order valence-electron chi connectivity index (χ4n) is 3.76. The molecular formula is C21H23ClN4O2. The molecule has 2 aromatic heterocycles. The minimum atomic E-state index is -0.119. The van der Waals surface area contributed by atoms with Crippen LogP contribution in [0.4, 0.5) is 11.5 Å². The second-order valence-electron chi connectivity index (χ2n) is 7.34. The van der Waals surface area contributed by atoms with Gasteiger partial charge in [0.25, 0.3) is 0 Å². The van der Waals surface area contributed by atoms with Gasteiger partial charge in [-0.2, -0.15) is 4.98 Å². The van der Waals surface area contributed by atoms with Crippen LogP contribution in [-0.2, 0) is 4.79 Å². The molecule has 1 fully saturated rings. The summed E-state index contributed by atoms with van der Waals surface area (Å²) in [6.45, 7) is 7.30. The van der Waals surface area contributed by atoms with E-state index in [0.29, 0.717) is 23.1 Å². The summed E-state index contributed by atoms with van der Waals surface area (Å²) >= 11 is 6.02. The van der Waals surface area contributed by atoms with Crippen LogP contribution in [0.2, 0.25) is 5.02 Å². The fourth-order valence-corrected chi connectivity index (χ4v) is 3.95. The lowest BCUT2D eigenvalue weighted by atomic mass is 9.96. The number of halogens is 1. The van der Waals surface area contributed by atoms with Gasteiger partial charge >= 0.3 is 0 Å². The first-order valence-corrected chi connectivity index (χ1v) is 9.86. The number of aromatic nitrogens is 2. The third-order valence-corrected chi connectivity index (χ3v) is 5.54. The summed E-state index contributed by atoms with van der Waals surface area (Å²) in [5, 5.41) is 4.54. The van der Waals surface area contributed by atoms with Gasteiger partial charge in [-0.05, 0) is 51.8 Å². The van der Waals surface area contributed by atoms with Crippen LogP contribution in [0.5, 0.6) is 0 Å². The molecule has 0 saturated carbocycles. The molecule has 3 aromatic rings. The van der Waals surface area contributed by atoms with Crippen molar-refractivity contribution in [2.75, 3.05) is 23.3 Å². The van der Waals surface area contributed by atoms with Gasteiger partial charge in [0.2, 0.25) is 11.6 Å². The number of rotatable bonds is 3. The highest BCUT2D eigenvalue weighted by Gasteiger charge is 2.29. The standard InChI is InChI=1S/C21H23ClN4O2/c1-12-13(2)28-21-18(12)19(23-14(3)24-21)26-9-5-6-15(11-26)20(27)25-17-8-4-7-16(22)10-17/h4,7-8,10,15H,5-6,9,11H2,1-3H3,(H,25,27). The Morgan fingerprint density at radius 3 is 2.89 bits per heavy atom. The Labute approximate surface area is 168 Å². The van der Waals surface area contributed by atoms with E-state index in [9.17, 15) is 4.79 Å². The number of hydrogen-bond acceptors (Lipinski definition) is 5. The smallest absolute Gasteiger partial charge is 0.231 e. The molecule has 7 heteroatoms. The van der Waals surface area contributed by atoms with E-state index in [2.05, 4.69) is 15.2 Å². The van der Waals surface area contributed by atoms with Crippen molar-refractivity contribution in [3.05, 3.63) is 46.4 Å². The average molecular weight is 399 g/mol.